The van der Waals surface area contributed by atoms with Crippen molar-refractivity contribution in [1.29, 1.82) is 0 Å². The fraction of sp³-hybridized carbons (Fsp3) is 0.226. The van der Waals surface area contributed by atoms with E-state index >= 15 is 0 Å². The molecule has 14 heteroatoms. The minimum absolute atomic E-state index is 0.177. The summed E-state index contributed by atoms with van der Waals surface area (Å²) >= 11 is 15.0. The van der Waals surface area contributed by atoms with Crippen molar-refractivity contribution in [1.82, 2.24) is 16.1 Å². The van der Waals surface area contributed by atoms with Crippen molar-refractivity contribution in [3.05, 3.63) is 96.2 Å². The van der Waals surface area contributed by atoms with E-state index in [1.807, 2.05) is 24.3 Å². The Morgan fingerprint density at radius 2 is 1.76 bits per heavy atom. The first kappa shape index (κ1) is 33.9. The predicted molar refractivity (Wildman–Crippen MR) is 178 cm³/mol. The molecule has 1 aliphatic rings. The number of ether oxygens (including phenoxy) is 4. The molecule has 0 bridgehead atoms. The van der Waals surface area contributed by atoms with Crippen LogP contribution in [0.15, 0.2) is 71.0 Å². The highest BCUT2D eigenvalue weighted by Crippen LogP contribution is 2.36. The third kappa shape index (κ3) is 9.02. The number of urea groups is 1. The van der Waals surface area contributed by atoms with Gasteiger partial charge in [0.15, 0.2) is 23.9 Å². The lowest BCUT2D eigenvalue weighted by atomic mass is 9.95. The number of hydrazone groups is 1. The minimum atomic E-state index is -0.783. The number of carbonyl (C=O) groups is 3. The summed E-state index contributed by atoms with van der Waals surface area (Å²) in [6.45, 7) is 3.41. The third-order valence-electron chi connectivity index (χ3n) is 6.36. The van der Waals surface area contributed by atoms with E-state index in [1.54, 1.807) is 44.2 Å². The lowest BCUT2D eigenvalue weighted by Crippen LogP contribution is -2.45. The standard InChI is InChI=1S/C31H29Cl2IN4O7/c1-4-43-30(40)27-17(2)36-31(41)37-28(27)20-7-10-24(25(13-20)42-3)44-16-26(39)38-35-14-19-11-22(32)29(23(33)12-19)45-15-18-5-8-21(34)9-6-18/h5-14,28H,4,15-16H2,1-3H3,(H,38,39)(H2,36,37,41)/b35-14-/t28-/m0/s1. The monoisotopic (exact) mass is 766 g/mol. The van der Waals surface area contributed by atoms with Gasteiger partial charge in [-0.05, 0) is 89.5 Å². The van der Waals surface area contributed by atoms with E-state index in [4.69, 9.17) is 42.1 Å². The fourth-order valence-electron chi connectivity index (χ4n) is 4.29. The molecule has 1 aliphatic heterocycles. The average Bonchev–Trinajstić information content (AvgIpc) is 3.00. The van der Waals surface area contributed by atoms with Gasteiger partial charge in [0.05, 0.1) is 41.6 Å². The van der Waals surface area contributed by atoms with Crippen LogP contribution in [-0.4, -0.2) is 44.4 Å². The summed E-state index contributed by atoms with van der Waals surface area (Å²) in [7, 11) is 1.43. The normalized spacial score (nSPS) is 14.4. The molecule has 1 heterocycles. The summed E-state index contributed by atoms with van der Waals surface area (Å²) in [5, 5.41) is 9.85. The van der Waals surface area contributed by atoms with Crippen LogP contribution in [0.4, 0.5) is 4.79 Å². The van der Waals surface area contributed by atoms with Gasteiger partial charge in [-0.25, -0.2) is 15.0 Å². The molecule has 0 saturated carbocycles. The number of benzene rings is 3. The number of hydrogen-bond acceptors (Lipinski definition) is 8. The van der Waals surface area contributed by atoms with Crippen LogP contribution in [0, 0.1) is 3.57 Å². The minimum Gasteiger partial charge on any atom is -0.493 e. The number of nitrogens with zero attached hydrogens (tertiary/aromatic N) is 1. The van der Waals surface area contributed by atoms with Crippen LogP contribution in [-0.2, 0) is 20.9 Å². The van der Waals surface area contributed by atoms with Crippen molar-refractivity contribution < 1.29 is 33.3 Å². The van der Waals surface area contributed by atoms with Gasteiger partial charge in [0.25, 0.3) is 5.91 Å². The molecule has 0 aromatic heterocycles. The molecule has 0 fully saturated rings. The van der Waals surface area contributed by atoms with Crippen molar-refractivity contribution in [2.75, 3.05) is 20.3 Å². The van der Waals surface area contributed by atoms with Crippen LogP contribution in [0.1, 0.15) is 36.6 Å². The first-order valence-electron chi connectivity index (χ1n) is 13.5. The number of esters is 1. The number of nitrogens with one attached hydrogen (secondary N) is 3. The quantitative estimate of drug-likeness (QED) is 0.0904. The third-order valence-corrected chi connectivity index (χ3v) is 7.64. The summed E-state index contributed by atoms with van der Waals surface area (Å²) in [6, 6.07) is 14.7. The highest BCUT2D eigenvalue weighted by molar-refractivity contribution is 14.1. The Labute approximate surface area is 283 Å². The lowest BCUT2D eigenvalue weighted by molar-refractivity contribution is -0.139. The molecular weight excluding hydrogens is 738 g/mol. The van der Waals surface area contributed by atoms with Crippen LogP contribution in [0.5, 0.6) is 17.2 Å². The maximum Gasteiger partial charge on any atom is 0.338 e. The summed E-state index contributed by atoms with van der Waals surface area (Å²) in [5.74, 6) is -0.210. The maximum atomic E-state index is 12.6. The smallest absolute Gasteiger partial charge is 0.338 e. The Morgan fingerprint density at radius 3 is 2.42 bits per heavy atom. The van der Waals surface area contributed by atoms with Crippen molar-refractivity contribution >= 4 is 69.9 Å². The Hall–Kier alpha value is -4.01. The lowest BCUT2D eigenvalue weighted by Gasteiger charge is -2.28. The van der Waals surface area contributed by atoms with E-state index in [0.29, 0.717) is 39.2 Å². The number of allylic oxidation sites excluding steroid dienone is 1. The number of amides is 3. The molecule has 3 aromatic carbocycles. The second-order valence-corrected chi connectivity index (χ2v) is 11.6. The highest BCUT2D eigenvalue weighted by atomic mass is 127. The van der Waals surface area contributed by atoms with Gasteiger partial charge in [0.2, 0.25) is 0 Å². The molecule has 0 spiro atoms. The van der Waals surface area contributed by atoms with Crippen molar-refractivity contribution in [3.8, 4) is 17.2 Å². The van der Waals surface area contributed by atoms with Crippen molar-refractivity contribution in [2.24, 2.45) is 5.10 Å². The largest absolute Gasteiger partial charge is 0.493 e. The number of rotatable bonds is 12. The number of hydrogen-bond donors (Lipinski definition) is 3. The van der Waals surface area contributed by atoms with Crippen molar-refractivity contribution in [2.45, 2.75) is 26.5 Å². The van der Waals surface area contributed by atoms with Gasteiger partial charge in [-0.2, -0.15) is 5.10 Å². The number of halogens is 3. The summed E-state index contributed by atoms with van der Waals surface area (Å²) in [5.41, 5.74) is 5.08. The van der Waals surface area contributed by atoms with Crippen LogP contribution >= 0.6 is 45.8 Å². The highest BCUT2D eigenvalue weighted by Gasteiger charge is 2.32. The van der Waals surface area contributed by atoms with E-state index in [1.165, 1.54) is 13.3 Å². The van der Waals surface area contributed by atoms with Gasteiger partial charge >= 0.3 is 12.0 Å². The number of carbonyl (C=O) groups excluding carboxylic acids is 3. The second kappa shape index (κ2) is 15.8. The topological polar surface area (TPSA) is 137 Å². The second-order valence-electron chi connectivity index (χ2n) is 9.51. The van der Waals surface area contributed by atoms with Gasteiger partial charge in [0, 0.05) is 9.27 Å². The van der Waals surface area contributed by atoms with Crippen LogP contribution < -0.4 is 30.3 Å². The Balaban J connectivity index is 1.35. The van der Waals surface area contributed by atoms with Crippen molar-refractivity contribution in [3.63, 3.8) is 0 Å². The van der Waals surface area contributed by atoms with E-state index in [0.717, 1.165) is 9.13 Å². The molecule has 3 aromatic rings. The zero-order chi connectivity index (χ0) is 32.5. The Bertz CT molecular complexity index is 1620. The average molecular weight is 767 g/mol. The molecular formula is C31H29Cl2IN4O7. The zero-order valence-corrected chi connectivity index (χ0v) is 28.1. The van der Waals surface area contributed by atoms with Gasteiger partial charge in [-0.3, -0.25) is 4.79 Å². The molecule has 0 saturated heterocycles. The Kier molecular flexibility index (Phi) is 11.9. The van der Waals surface area contributed by atoms with Gasteiger partial charge in [-0.1, -0.05) is 41.4 Å². The first-order chi connectivity index (χ1) is 21.6. The van der Waals surface area contributed by atoms with Gasteiger partial charge < -0.3 is 29.6 Å². The van der Waals surface area contributed by atoms with E-state index < -0.39 is 23.9 Å². The summed E-state index contributed by atoms with van der Waals surface area (Å²) in [6.07, 6.45) is 1.39. The van der Waals surface area contributed by atoms with Crippen LogP contribution in [0.2, 0.25) is 10.0 Å². The molecule has 1 atom stereocenters. The van der Waals surface area contributed by atoms with Crippen LogP contribution in [0.3, 0.4) is 0 Å². The molecule has 0 unspecified atom stereocenters. The molecule has 3 N–H and O–H groups in total. The van der Waals surface area contributed by atoms with Gasteiger partial charge in [0.1, 0.15) is 6.61 Å². The van der Waals surface area contributed by atoms with Gasteiger partial charge in [-0.15, -0.1) is 0 Å². The maximum absolute atomic E-state index is 12.6. The molecule has 45 heavy (non-hydrogen) atoms. The molecule has 3 amide bonds. The summed E-state index contributed by atoms with van der Waals surface area (Å²) in [4.78, 5) is 37.2. The summed E-state index contributed by atoms with van der Waals surface area (Å²) < 4.78 is 23.2. The zero-order valence-electron chi connectivity index (χ0n) is 24.4. The van der Waals surface area contributed by atoms with Crippen LogP contribution in [0.25, 0.3) is 0 Å². The SMILES string of the molecule is CCOC(=O)C1=C(C)NC(=O)N[C@H]1c1ccc(OCC(=O)N/N=C\c2cc(Cl)c(OCc3ccc(I)cc3)c(Cl)c2)c(OC)c1. The van der Waals surface area contributed by atoms with E-state index in [-0.39, 0.29) is 30.3 Å². The Morgan fingerprint density at radius 1 is 1.04 bits per heavy atom. The molecule has 236 valence electrons. The molecule has 11 nitrogen and oxygen atoms in total. The number of methoxy groups -OCH3 is 1. The molecule has 4 rings (SSSR count). The first-order valence-corrected chi connectivity index (χ1v) is 15.4. The van der Waals surface area contributed by atoms with E-state index in [9.17, 15) is 14.4 Å². The predicted octanol–water partition coefficient (Wildman–Crippen LogP) is 5.91. The molecule has 0 radical (unpaired) electrons. The van der Waals surface area contributed by atoms with E-state index in [2.05, 4.69) is 43.8 Å². The molecule has 0 aliphatic carbocycles. The fourth-order valence-corrected chi connectivity index (χ4v) is 5.26.